The van der Waals surface area contributed by atoms with Gasteiger partial charge < -0.3 is 10.2 Å². The molecule has 0 atom stereocenters. The zero-order chi connectivity index (χ0) is 19.3. The lowest BCUT2D eigenvalue weighted by molar-refractivity contribution is -0.125. The fourth-order valence-electron chi connectivity index (χ4n) is 3.51. The smallest absolute Gasteiger partial charge is 0.230 e. The molecule has 3 rings (SSSR count). The number of hydrogen-bond donors (Lipinski definition) is 1. The molecule has 1 amide bonds. The van der Waals surface area contributed by atoms with E-state index in [2.05, 4.69) is 46.4 Å². The predicted molar refractivity (Wildman–Crippen MR) is 111 cm³/mol. The molecule has 4 heteroatoms. The molecule has 0 aliphatic carbocycles. The van der Waals surface area contributed by atoms with Gasteiger partial charge in [0.05, 0.1) is 5.41 Å². The monoisotopic (exact) mass is 365 g/mol. The van der Waals surface area contributed by atoms with Crippen molar-refractivity contribution < 1.29 is 4.79 Å². The largest absolute Gasteiger partial charge is 0.351 e. The van der Waals surface area contributed by atoms with Gasteiger partial charge in [-0.15, -0.1) is 0 Å². The standard InChI is InChI=1S/C23H31N3O/c1-23(2,21-11-5-4-6-12-21)22(27)24-17-19-9-7-8-10-20(19)18-26-15-13-25(3)14-16-26/h4-12H,13-18H2,1-3H3,(H,24,27). The molecule has 1 N–H and O–H groups in total. The number of nitrogens with one attached hydrogen (secondary N) is 1. The van der Waals surface area contributed by atoms with Gasteiger partial charge in [0.1, 0.15) is 0 Å². The molecule has 0 saturated carbocycles. The number of likely N-dealkylation sites (N-methyl/N-ethyl adjacent to an activating group) is 1. The van der Waals surface area contributed by atoms with E-state index in [-0.39, 0.29) is 5.91 Å². The van der Waals surface area contributed by atoms with E-state index in [9.17, 15) is 4.79 Å². The van der Waals surface area contributed by atoms with Gasteiger partial charge in [-0.25, -0.2) is 0 Å². The van der Waals surface area contributed by atoms with Crippen molar-refractivity contribution in [3.63, 3.8) is 0 Å². The van der Waals surface area contributed by atoms with Crippen molar-refractivity contribution in [2.24, 2.45) is 0 Å². The molecule has 2 aromatic rings. The minimum absolute atomic E-state index is 0.0584. The van der Waals surface area contributed by atoms with Crippen molar-refractivity contribution in [2.45, 2.75) is 32.4 Å². The van der Waals surface area contributed by atoms with Crippen LogP contribution in [0.15, 0.2) is 54.6 Å². The van der Waals surface area contributed by atoms with Crippen LogP contribution >= 0.6 is 0 Å². The summed E-state index contributed by atoms with van der Waals surface area (Å²) in [4.78, 5) is 17.7. The summed E-state index contributed by atoms with van der Waals surface area (Å²) in [6.45, 7) is 9.90. The Bertz CT molecular complexity index is 749. The van der Waals surface area contributed by atoms with Crippen LogP contribution in [0, 0.1) is 0 Å². The quantitative estimate of drug-likeness (QED) is 0.855. The topological polar surface area (TPSA) is 35.6 Å². The Hall–Kier alpha value is -2.17. The van der Waals surface area contributed by atoms with Crippen LogP contribution in [0.2, 0.25) is 0 Å². The van der Waals surface area contributed by atoms with Gasteiger partial charge in [0.15, 0.2) is 0 Å². The Morgan fingerprint density at radius 3 is 2.19 bits per heavy atom. The molecule has 2 aromatic carbocycles. The van der Waals surface area contributed by atoms with Gasteiger partial charge >= 0.3 is 0 Å². The molecule has 0 spiro atoms. The SMILES string of the molecule is CN1CCN(Cc2ccccc2CNC(=O)C(C)(C)c2ccccc2)CC1. The number of rotatable bonds is 6. The maximum atomic E-state index is 12.8. The Morgan fingerprint density at radius 1 is 0.926 bits per heavy atom. The zero-order valence-corrected chi connectivity index (χ0v) is 16.7. The molecule has 4 nitrogen and oxygen atoms in total. The summed E-state index contributed by atoms with van der Waals surface area (Å²) >= 11 is 0. The Kier molecular flexibility index (Phi) is 6.30. The lowest BCUT2D eigenvalue weighted by atomic mass is 9.83. The molecule has 0 bridgehead atoms. The van der Waals surface area contributed by atoms with Crippen molar-refractivity contribution in [1.29, 1.82) is 0 Å². The van der Waals surface area contributed by atoms with E-state index in [0.29, 0.717) is 6.54 Å². The van der Waals surface area contributed by atoms with Gasteiger partial charge in [-0.1, -0.05) is 54.6 Å². The van der Waals surface area contributed by atoms with Crippen molar-refractivity contribution >= 4 is 5.91 Å². The van der Waals surface area contributed by atoms with Crippen molar-refractivity contribution in [3.05, 3.63) is 71.3 Å². The maximum absolute atomic E-state index is 12.8. The zero-order valence-electron chi connectivity index (χ0n) is 16.7. The van der Waals surface area contributed by atoms with Gasteiger partial charge in [-0.3, -0.25) is 9.69 Å². The average molecular weight is 366 g/mol. The summed E-state index contributed by atoms with van der Waals surface area (Å²) in [5, 5.41) is 3.16. The maximum Gasteiger partial charge on any atom is 0.230 e. The third-order valence-electron chi connectivity index (χ3n) is 5.61. The molecule has 1 aliphatic rings. The molecular formula is C23H31N3O. The highest BCUT2D eigenvalue weighted by Crippen LogP contribution is 2.23. The minimum Gasteiger partial charge on any atom is -0.351 e. The van der Waals surface area contributed by atoms with E-state index in [1.807, 2.05) is 44.2 Å². The summed E-state index contributed by atoms with van der Waals surface area (Å²) in [6, 6.07) is 18.4. The highest BCUT2D eigenvalue weighted by molar-refractivity contribution is 5.87. The number of carbonyl (C=O) groups excluding carboxylic acids is 1. The van der Waals surface area contributed by atoms with Crippen LogP contribution in [0.5, 0.6) is 0 Å². The van der Waals surface area contributed by atoms with Gasteiger partial charge in [0, 0.05) is 39.3 Å². The summed E-state index contributed by atoms with van der Waals surface area (Å²) in [5.41, 5.74) is 3.00. The van der Waals surface area contributed by atoms with Crippen LogP contribution in [0.25, 0.3) is 0 Å². The van der Waals surface area contributed by atoms with E-state index < -0.39 is 5.41 Å². The number of amides is 1. The predicted octanol–water partition coefficient (Wildman–Crippen LogP) is 3.03. The van der Waals surface area contributed by atoms with Crippen LogP contribution < -0.4 is 5.32 Å². The van der Waals surface area contributed by atoms with Gasteiger partial charge in [-0.05, 0) is 37.6 Å². The average Bonchev–Trinajstić information content (AvgIpc) is 2.69. The number of carbonyl (C=O) groups is 1. The Balaban J connectivity index is 1.63. The number of hydrogen-bond acceptors (Lipinski definition) is 3. The Labute approximate surface area is 163 Å². The van der Waals surface area contributed by atoms with Crippen LogP contribution in [0.3, 0.4) is 0 Å². The van der Waals surface area contributed by atoms with E-state index in [0.717, 1.165) is 38.3 Å². The summed E-state index contributed by atoms with van der Waals surface area (Å²) in [5.74, 6) is 0.0584. The van der Waals surface area contributed by atoms with Crippen LogP contribution in [-0.2, 0) is 23.3 Å². The molecule has 1 aliphatic heterocycles. The van der Waals surface area contributed by atoms with Gasteiger partial charge in [0.25, 0.3) is 0 Å². The number of benzene rings is 2. The molecule has 1 saturated heterocycles. The van der Waals surface area contributed by atoms with E-state index in [1.165, 1.54) is 11.1 Å². The molecule has 0 unspecified atom stereocenters. The van der Waals surface area contributed by atoms with Crippen molar-refractivity contribution in [2.75, 3.05) is 33.2 Å². The lowest BCUT2D eigenvalue weighted by Crippen LogP contribution is -2.44. The molecule has 1 heterocycles. The van der Waals surface area contributed by atoms with Crippen LogP contribution in [-0.4, -0.2) is 48.9 Å². The van der Waals surface area contributed by atoms with Crippen LogP contribution in [0.1, 0.15) is 30.5 Å². The second-order valence-corrected chi connectivity index (χ2v) is 8.02. The summed E-state index contributed by atoms with van der Waals surface area (Å²) in [7, 11) is 2.18. The fraction of sp³-hybridized carbons (Fsp3) is 0.435. The lowest BCUT2D eigenvalue weighted by Gasteiger charge is -2.32. The third kappa shape index (κ3) is 4.96. The first-order valence-corrected chi connectivity index (χ1v) is 9.78. The summed E-state index contributed by atoms with van der Waals surface area (Å²) < 4.78 is 0. The molecule has 144 valence electrons. The van der Waals surface area contributed by atoms with E-state index >= 15 is 0 Å². The Morgan fingerprint density at radius 2 is 1.52 bits per heavy atom. The fourth-order valence-corrected chi connectivity index (χ4v) is 3.51. The van der Waals surface area contributed by atoms with Crippen molar-refractivity contribution in [1.82, 2.24) is 15.1 Å². The number of nitrogens with zero attached hydrogens (tertiary/aromatic N) is 2. The van der Waals surface area contributed by atoms with E-state index in [1.54, 1.807) is 0 Å². The first kappa shape index (κ1) is 19.6. The summed E-state index contributed by atoms with van der Waals surface area (Å²) in [6.07, 6.45) is 0. The minimum atomic E-state index is -0.548. The first-order valence-electron chi connectivity index (χ1n) is 9.78. The second kappa shape index (κ2) is 8.68. The van der Waals surface area contributed by atoms with Crippen LogP contribution in [0.4, 0.5) is 0 Å². The molecular weight excluding hydrogens is 334 g/mol. The number of piperazine rings is 1. The molecule has 0 aromatic heterocycles. The highest BCUT2D eigenvalue weighted by atomic mass is 16.2. The first-order chi connectivity index (χ1) is 13.0. The molecule has 0 radical (unpaired) electrons. The normalized spacial score (nSPS) is 16.3. The second-order valence-electron chi connectivity index (χ2n) is 8.02. The molecule has 1 fully saturated rings. The van der Waals surface area contributed by atoms with Crippen molar-refractivity contribution in [3.8, 4) is 0 Å². The third-order valence-corrected chi connectivity index (χ3v) is 5.61. The highest BCUT2D eigenvalue weighted by Gasteiger charge is 2.29. The van der Waals surface area contributed by atoms with Gasteiger partial charge in [-0.2, -0.15) is 0 Å². The van der Waals surface area contributed by atoms with Gasteiger partial charge in [0.2, 0.25) is 5.91 Å². The van der Waals surface area contributed by atoms with E-state index in [4.69, 9.17) is 0 Å². The molecule has 27 heavy (non-hydrogen) atoms.